The fraction of sp³-hybridized carbons (Fsp3) is 0.444. The Hall–Kier alpha value is -2.50. The fourth-order valence-electron chi connectivity index (χ4n) is 3.16. The normalized spacial score (nSPS) is 20.5. The zero-order valence-electron chi connectivity index (χ0n) is 13.8. The number of ether oxygens (including phenoxy) is 1. The van der Waals surface area contributed by atoms with Gasteiger partial charge in [0.2, 0.25) is 0 Å². The lowest BCUT2D eigenvalue weighted by molar-refractivity contribution is -0.142. The lowest BCUT2D eigenvalue weighted by Gasteiger charge is -2.26. The topological polar surface area (TPSA) is 76.4 Å². The number of nitrogens with one attached hydrogen (secondary N) is 1. The van der Waals surface area contributed by atoms with E-state index in [9.17, 15) is 4.79 Å². The monoisotopic (exact) mass is 329 g/mol. The third-order valence-electron chi connectivity index (χ3n) is 4.58. The predicted octanol–water partition coefficient (Wildman–Crippen LogP) is 3.00. The van der Waals surface area contributed by atoms with Gasteiger partial charge in [-0.15, -0.1) is 0 Å². The van der Waals surface area contributed by atoms with Gasteiger partial charge in [-0.05, 0) is 43.4 Å². The molecule has 2 N–H and O–H groups in total. The smallest absolute Gasteiger partial charge is 0.306 e. The minimum atomic E-state index is -0.666. The van der Waals surface area contributed by atoms with E-state index in [1.807, 2.05) is 41.3 Å². The van der Waals surface area contributed by atoms with Crippen molar-refractivity contribution in [1.82, 2.24) is 9.78 Å². The molecule has 24 heavy (non-hydrogen) atoms. The number of anilines is 1. The van der Waals surface area contributed by atoms with Crippen LogP contribution in [0.25, 0.3) is 0 Å². The van der Waals surface area contributed by atoms with E-state index in [4.69, 9.17) is 9.84 Å². The van der Waals surface area contributed by atoms with Gasteiger partial charge in [0.1, 0.15) is 5.75 Å². The summed E-state index contributed by atoms with van der Waals surface area (Å²) in [7, 11) is 1.66. The molecule has 1 aromatic heterocycles. The summed E-state index contributed by atoms with van der Waals surface area (Å²) < 4.78 is 7.06. The number of hydrogen-bond donors (Lipinski definition) is 2. The molecular weight excluding hydrogens is 306 g/mol. The second-order valence-electron chi connectivity index (χ2n) is 6.31. The molecule has 0 amide bonds. The van der Waals surface area contributed by atoms with Gasteiger partial charge in [0.25, 0.3) is 0 Å². The van der Waals surface area contributed by atoms with Crippen molar-refractivity contribution >= 4 is 11.7 Å². The summed E-state index contributed by atoms with van der Waals surface area (Å²) in [5, 5.41) is 16.9. The number of hydrogen-bond acceptors (Lipinski definition) is 4. The van der Waals surface area contributed by atoms with Crippen LogP contribution in [0.1, 0.15) is 31.2 Å². The molecule has 6 nitrogen and oxygen atoms in total. The van der Waals surface area contributed by atoms with Crippen molar-refractivity contribution < 1.29 is 14.6 Å². The van der Waals surface area contributed by atoms with Crippen LogP contribution in [0.15, 0.2) is 36.7 Å². The molecule has 0 atom stereocenters. The first-order valence-corrected chi connectivity index (χ1v) is 8.29. The van der Waals surface area contributed by atoms with Gasteiger partial charge in [0, 0.05) is 12.2 Å². The second kappa shape index (κ2) is 7.38. The van der Waals surface area contributed by atoms with Gasteiger partial charge >= 0.3 is 5.97 Å². The third kappa shape index (κ3) is 4.07. The number of carboxylic acid groups (broad SMARTS) is 1. The van der Waals surface area contributed by atoms with Crippen molar-refractivity contribution in [2.45, 2.75) is 38.3 Å². The minimum absolute atomic E-state index is 0.180. The van der Waals surface area contributed by atoms with Gasteiger partial charge in [-0.2, -0.15) is 5.10 Å². The highest BCUT2D eigenvalue weighted by molar-refractivity contribution is 5.70. The maximum atomic E-state index is 11.0. The molecule has 0 bridgehead atoms. The molecule has 3 rings (SSSR count). The van der Waals surface area contributed by atoms with E-state index in [0.717, 1.165) is 42.7 Å². The maximum absolute atomic E-state index is 11.0. The van der Waals surface area contributed by atoms with Crippen LogP contribution in [0.2, 0.25) is 0 Å². The molecule has 1 aliphatic carbocycles. The number of carboxylic acids is 1. The lowest BCUT2D eigenvalue weighted by atomic mass is 9.86. The first-order chi connectivity index (χ1) is 11.6. The molecule has 1 fully saturated rings. The van der Waals surface area contributed by atoms with Crippen molar-refractivity contribution in [2.24, 2.45) is 5.92 Å². The lowest BCUT2D eigenvalue weighted by Crippen LogP contribution is -2.29. The molecule has 0 unspecified atom stereocenters. The summed E-state index contributed by atoms with van der Waals surface area (Å²) in [4.78, 5) is 11.0. The summed E-state index contributed by atoms with van der Waals surface area (Å²) in [5.41, 5.74) is 2.15. The van der Waals surface area contributed by atoms with Crippen molar-refractivity contribution in [3.63, 3.8) is 0 Å². The number of nitrogens with zero attached hydrogens (tertiary/aromatic N) is 2. The molecular formula is C18H23N3O3. The van der Waals surface area contributed by atoms with Crippen LogP contribution in [0.5, 0.6) is 5.75 Å². The number of aromatic nitrogens is 2. The van der Waals surface area contributed by atoms with E-state index in [0.29, 0.717) is 12.6 Å². The van der Waals surface area contributed by atoms with Gasteiger partial charge in [-0.3, -0.25) is 9.48 Å². The van der Waals surface area contributed by atoms with Crippen LogP contribution >= 0.6 is 0 Å². The summed E-state index contributed by atoms with van der Waals surface area (Å²) >= 11 is 0. The molecule has 0 aliphatic heterocycles. The summed E-state index contributed by atoms with van der Waals surface area (Å²) in [6.07, 6.45) is 7.08. The predicted molar refractivity (Wildman–Crippen MR) is 91.3 cm³/mol. The van der Waals surface area contributed by atoms with Crippen LogP contribution in [-0.2, 0) is 11.3 Å². The Kier molecular flexibility index (Phi) is 5.03. The van der Waals surface area contributed by atoms with Gasteiger partial charge in [0.15, 0.2) is 0 Å². The minimum Gasteiger partial charge on any atom is -0.497 e. The Balaban J connectivity index is 1.53. The quantitative estimate of drug-likeness (QED) is 0.852. The highest BCUT2D eigenvalue weighted by Gasteiger charge is 2.25. The van der Waals surface area contributed by atoms with Gasteiger partial charge in [-0.25, -0.2) is 0 Å². The Morgan fingerprint density at radius 3 is 2.62 bits per heavy atom. The number of carbonyl (C=O) groups is 1. The van der Waals surface area contributed by atoms with Gasteiger partial charge < -0.3 is 15.2 Å². The Labute approximate surface area is 141 Å². The van der Waals surface area contributed by atoms with E-state index in [1.54, 1.807) is 7.11 Å². The van der Waals surface area contributed by atoms with E-state index in [2.05, 4.69) is 10.4 Å². The zero-order valence-corrected chi connectivity index (χ0v) is 13.8. The molecule has 128 valence electrons. The Bertz CT molecular complexity index is 673. The number of methoxy groups -OCH3 is 1. The molecule has 1 saturated carbocycles. The Morgan fingerprint density at radius 2 is 2.00 bits per heavy atom. The van der Waals surface area contributed by atoms with E-state index < -0.39 is 5.97 Å². The molecule has 1 heterocycles. The van der Waals surface area contributed by atoms with Crippen LogP contribution in [0.4, 0.5) is 5.69 Å². The third-order valence-corrected chi connectivity index (χ3v) is 4.58. The second-order valence-corrected chi connectivity index (χ2v) is 6.31. The van der Waals surface area contributed by atoms with Gasteiger partial charge in [-0.1, -0.05) is 12.1 Å². The van der Waals surface area contributed by atoms with Crippen molar-refractivity contribution in [2.75, 3.05) is 12.4 Å². The van der Waals surface area contributed by atoms with Gasteiger partial charge in [0.05, 0.1) is 31.5 Å². The molecule has 0 saturated heterocycles. The summed E-state index contributed by atoms with van der Waals surface area (Å²) in [6, 6.07) is 8.28. The summed E-state index contributed by atoms with van der Waals surface area (Å²) in [6.45, 7) is 0.706. The number of rotatable bonds is 6. The maximum Gasteiger partial charge on any atom is 0.306 e. The molecule has 2 aromatic rings. The highest BCUT2D eigenvalue weighted by Crippen LogP contribution is 2.26. The standard InChI is InChI=1S/C18H23N3O3/c1-24-17-8-2-13(3-9-17)11-21-12-16(10-19-21)20-15-6-4-14(5-7-15)18(22)23/h2-3,8-10,12,14-15,20H,4-7,11H2,1H3,(H,22,23). The van der Waals surface area contributed by atoms with Crippen LogP contribution in [0, 0.1) is 5.92 Å². The van der Waals surface area contributed by atoms with Crippen molar-refractivity contribution in [3.8, 4) is 5.75 Å². The van der Waals surface area contributed by atoms with Crippen molar-refractivity contribution in [3.05, 3.63) is 42.2 Å². The molecule has 6 heteroatoms. The Morgan fingerprint density at radius 1 is 1.29 bits per heavy atom. The first-order valence-electron chi connectivity index (χ1n) is 8.29. The van der Waals surface area contributed by atoms with Crippen molar-refractivity contribution in [1.29, 1.82) is 0 Å². The largest absolute Gasteiger partial charge is 0.497 e. The summed E-state index contributed by atoms with van der Waals surface area (Å²) in [5.74, 6) is 0.000131. The SMILES string of the molecule is COc1ccc(Cn2cc(NC3CCC(C(=O)O)CC3)cn2)cc1. The zero-order chi connectivity index (χ0) is 16.9. The van der Waals surface area contributed by atoms with Crippen LogP contribution < -0.4 is 10.1 Å². The molecule has 0 spiro atoms. The first kappa shape index (κ1) is 16.4. The number of aliphatic carboxylic acids is 1. The molecule has 1 aromatic carbocycles. The fourth-order valence-corrected chi connectivity index (χ4v) is 3.16. The van der Waals surface area contributed by atoms with E-state index >= 15 is 0 Å². The molecule has 0 radical (unpaired) electrons. The highest BCUT2D eigenvalue weighted by atomic mass is 16.5. The van der Waals surface area contributed by atoms with Crippen LogP contribution in [0.3, 0.4) is 0 Å². The molecule has 1 aliphatic rings. The average Bonchev–Trinajstić information content (AvgIpc) is 3.03. The average molecular weight is 329 g/mol. The number of benzene rings is 1. The van der Waals surface area contributed by atoms with Crippen LogP contribution in [-0.4, -0.2) is 34.0 Å². The van der Waals surface area contributed by atoms with E-state index in [-0.39, 0.29) is 5.92 Å². The van der Waals surface area contributed by atoms with E-state index in [1.165, 1.54) is 0 Å².